The predicted molar refractivity (Wildman–Crippen MR) is 75.9 cm³/mol. The standard InChI is InChI=1S/C15H25N3/c1-12(2)14-6-5-13-11-18(10-9-17(3)4)8-7-15(13)16-14/h5-6,12H,7-11H2,1-4H3. The fourth-order valence-corrected chi connectivity index (χ4v) is 2.35. The Labute approximate surface area is 111 Å². The summed E-state index contributed by atoms with van der Waals surface area (Å²) in [5.74, 6) is 0.530. The van der Waals surface area contributed by atoms with Gasteiger partial charge in [-0.3, -0.25) is 9.88 Å². The van der Waals surface area contributed by atoms with E-state index in [2.05, 4.69) is 49.9 Å². The van der Waals surface area contributed by atoms with Crippen molar-refractivity contribution >= 4 is 0 Å². The van der Waals surface area contributed by atoms with Crippen LogP contribution in [-0.2, 0) is 13.0 Å². The Kier molecular flexibility index (Phi) is 4.36. The van der Waals surface area contributed by atoms with Crippen molar-refractivity contribution in [2.75, 3.05) is 33.7 Å². The van der Waals surface area contributed by atoms with E-state index >= 15 is 0 Å². The summed E-state index contributed by atoms with van der Waals surface area (Å²) in [4.78, 5) is 9.58. The van der Waals surface area contributed by atoms with E-state index in [1.807, 2.05) is 0 Å². The number of likely N-dealkylation sites (N-methyl/N-ethyl adjacent to an activating group) is 1. The third-order valence-electron chi connectivity index (χ3n) is 3.60. The molecule has 0 amide bonds. The molecular weight excluding hydrogens is 222 g/mol. The Bertz CT molecular complexity index is 399. The third kappa shape index (κ3) is 3.30. The number of pyridine rings is 1. The summed E-state index contributed by atoms with van der Waals surface area (Å²) >= 11 is 0. The molecule has 3 heteroatoms. The predicted octanol–water partition coefficient (Wildman–Crippen LogP) is 2.12. The topological polar surface area (TPSA) is 19.4 Å². The van der Waals surface area contributed by atoms with Crippen molar-refractivity contribution in [3.63, 3.8) is 0 Å². The van der Waals surface area contributed by atoms with Gasteiger partial charge in [0.05, 0.1) is 0 Å². The number of hydrogen-bond acceptors (Lipinski definition) is 3. The molecule has 3 nitrogen and oxygen atoms in total. The molecule has 100 valence electrons. The summed E-state index contributed by atoms with van der Waals surface area (Å²) < 4.78 is 0. The third-order valence-corrected chi connectivity index (χ3v) is 3.60. The Morgan fingerprint density at radius 2 is 2.11 bits per heavy atom. The summed E-state index contributed by atoms with van der Waals surface area (Å²) in [6, 6.07) is 4.47. The van der Waals surface area contributed by atoms with Gasteiger partial charge >= 0.3 is 0 Å². The Morgan fingerprint density at radius 3 is 2.78 bits per heavy atom. The van der Waals surface area contributed by atoms with Crippen molar-refractivity contribution in [1.82, 2.24) is 14.8 Å². The Balaban J connectivity index is 2.02. The first kappa shape index (κ1) is 13.5. The first-order valence-corrected chi connectivity index (χ1v) is 6.92. The van der Waals surface area contributed by atoms with Gasteiger partial charge in [-0.05, 0) is 31.6 Å². The minimum absolute atomic E-state index is 0.530. The van der Waals surface area contributed by atoms with Crippen molar-refractivity contribution in [3.8, 4) is 0 Å². The van der Waals surface area contributed by atoms with Crippen molar-refractivity contribution < 1.29 is 0 Å². The second-order valence-electron chi connectivity index (χ2n) is 5.83. The minimum Gasteiger partial charge on any atom is -0.308 e. The van der Waals surface area contributed by atoms with E-state index < -0.39 is 0 Å². The maximum Gasteiger partial charge on any atom is 0.0464 e. The molecule has 0 N–H and O–H groups in total. The van der Waals surface area contributed by atoms with Crippen LogP contribution in [0.3, 0.4) is 0 Å². The van der Waals surface area contributed by atoms with Crippen LogP contribution in [0.1, 0.15) is 36.7 Å². The lowest BCUT2D eigenvalue weighted by Gasteiger charge is -2.29. The summed E-state index contributed by atoms with van der Waals surface area (Å²) in [6.07, 6.45) is 1.10. The number of hydrogen-bond donors (Lipinski definition) is 0. The van der Waals surface area contributed by atoms with Gasteiger partial charge in [0.15, 0.2) is 0 Å². The fraction of sp³-hybridized carbons (Fsp3) is 0.667. The van der Waals surface area contributed by atoms with Crippen LogP contribution in [0.4, 0.5) is 0 Å². The molecule has 0 aromatic carbocycles. The number of aromatic nitrogens is 1. The van der Waals surface area contributed by atoms with Crippen LogP contribution in [0, 0.1) is 0 Å². The number of fused-ring (bicyclic) bond motifs is 1. The molecule has 1 aromatic rings. The number of nitrogens with zero attached hydrogens (tertiary/aromatic N) is 3. The van der Waals surface area contributed by atoms with E-state index in [-0.39, 0.29) is 0 Å². The van der Waals surface area contributed by atoms with E-state index in [0.717, 1.165) is 32.6 Å². The molecule has 0 bridgehead atoms. The van der Waals surface area contributed by atoms with E-state index in [0.29, 0.717) is 5.92 Å². The van der Waals surface area contributed by atoms with E-state index in [1.54, 1.807) is 0 Å². The lowest BCUT2D eigenvalue weighted by molar-refractivity contribution is 0.223. The SMILES string of the molecule is CC(C)c1ccc2c(n1)CCN(CCN(C)C)C2. The van der Waals surface area contributed by atoms with Gasteiger partial charge in [0.2, 0.25) is 0 Å². The van der Waals surface area contributed by atoms with Gasteiger partial charge in [-0.25, -0.2) is 0 Å². The van der Waals surface area contributed by atoms with Crippen molar-refractivity contribution in [2.45, 2.75) is 32.7 Å². The van der Waals surface area contributed by atoms with Crippen molar-refractivity contribution in [2.24, 2.45) is 0 Å². The second kappa shape index (κ2) is 5.81. The second-order valence-corrected chi connectivity index (χ2v) is 5.83. The first-order chi connectivity index (χ1) is 8.56. The van der Waals surface area contributed by atoms with Crippen molar-refractivity contribution in [1.29, 1.82) is 0 Å². The molecule has 0 saturated heterocycles. The molecule has 1 aliphatic rings. The Hall–Kier alpha value is -0.930. The van der Waals surface area contributed by atoms with Gasteiger partial charge in [0.1, 0.15) is 0 Å². The zero-order valence-corrected chi connectivity index (χ0v) is 12.1. The first-order valence-electron chi connectivity index (χ1n) is 6.92. The van der Waals surface area contributed by atoms with Crippen LogP contribution in [-0.4, -0.2) is 48.5 Å². The van der Waals surface area contributed by atoms with E-state index in [9.17, 15) is 0 Å². The molecule has 18 heavy (non-hydrogen) atoms. The average molecular weight is 247 g/mol. The van der Waals surface area contributed by atoms with Crippen LogP contribution >= 0.6 is 0 Å². The maximum atomic E-state index is 4.81. The maximum absolute atomic E-state index is 4.81. The lowest BCUT2D eigenvalue weighted by atomic mass is 10.0. The Morgan fingerprint density at radius 1 is 1.33 bits per heavy atom. The largest absolute Gasteiger partial charge is 0.308 e. The highest BCUT2D eigenvalue weighted by atomic mass is 15.2. The summed E-state index contributed by atoms with van der Waals surface area (Å²) in [7, 11) is 4.27. The van der Waals surface area contributed by atoms with Crippen LogP contribution < -0.4 is 0 Å². The zero-order chi connectivity index (χ0) is 13.1. The minimum atomic E-state index is 0.530. The highest BCUT2D eigenvalue weighted by Crippen LogP contribution is 2.20. The molecule has 1 aromatic heterocycles. The molecule has 0 fully saturated rings. The quantitative estimate of drug-likeness (QED) is 0.812. The lowest BCUT2D eigenvalue weighted by Crippen LogP contribution is -2.36. The average Bonchev–Trinajstić information content (AvgIpc) is 2.35. The molecule has 0 aliphatic carbocycles. The van der Waals surface area contributed by atoms with Crippen LogP contribution in [0.25, 0.3) is 0 Å². The van der Waals surface area contributed by atoms with Crippen LogP contribution in [0.2, 0.25) is 0 Å². The molecule has 0 unspecified atom stereocenters. The van der Waals surface area contributed by atoms with Gasteiger partial charge in [-0.15, -0.1) is 0 Å². The van der Waals surface area contributed by atoms with Crippen molar-refractivity contribution in [3.05, 3.63) is 29.1 Å². The van der Waals surface area contributed by atoms with Crippen LogP contribution in [0.15, 0.2) is 12.1 Å². The molecule has 2 heterocycles. The molecule has 0 spiro atoms. The van der Waals surface area contributed by atoms with Gasteiger partial charge < -0.3 is 4.90 Å². The monoisotopic (exact) mass is 247 g/mol. The fourth-order valence-electron chi connectivity index (χ4n) is 2.35. The summed E-state index contributed by atoms with van der Waals surface area (Å²) in [5, 5.41) is 0. The molecular formula is C15H25N3. The van der Waals surface area contributed by atoms with Gasteiger partial charge in [-0.2, -0.15) is 0 Å². The van der Waals surface area contributed by atoms with Gasteiger partial charge in [-0.1, -0.05) is 19.9 Å². The smallest absolute Gasteiger partial charge is 0.0464 e. The van der Waals surface area contributed by atoms with Gasteiger partial charge in [0, 0.05) is 44.0 Å². The van der Waals surface area contributed by atoms with E-state index in [1.165, 1.54) is 17.0 Å². The molecule has 0 radical (unpaired) electrons. The van der Waals surface area contributed by atoms with Crippen LogP contribution in [0.5, 0.6) is 0 Å². The van der Waals surface area contributed by atoms with Gasteiger partial charge in [0.25, 0.3) is 0 Å². The summed E-state index contributed by atoms with van der Waals surface area (Å²) in [5.41, 5.74) is 3.97. The molecule has 0 saturated carbocycles. The number of rotatable bonds is 4. The normalized spacial score (nSPS) is 16.3. The van der Waals surface area contributed by atoms with E-state index in [4.69, 9.17) is 4.98 Å². The highest BCUT2D eigenvalue weighted by molar-refractivity contribution is 5.26. The molecule has 0 atom stereocenters. The zero-order valence-electron chi connectivity index (χ0n) is 12.1. The molecule has 2 rings (SSSR count). The highest BCUT2D eigenvalue weighted by Gasteiger charge is 2.17. The molecule has 1 aliphatic heterocycles. The summed E-state index contributed by atoms with van der Waals surface area (Å²) in [6.45, 7) is 8.91.